The summed E-state index contributed by atoms with van der Waals surface area (Å²) >= 11 is 0. The summed E-state index contributed by atoms with van der Waals surface area (Å²) in [6.07, 6.45) is 7.18. The van der Waals surface area contributed by atoms with Crippen molar-refractivity contribution in [2.24, 2.45) is 0 Å². The molecule has 5 heterocycles. The third kappa shape index (κ3) is 3.22. The molecule has 0 N–H and O–H groups in total. The fourth-order valence-electron chi connectivity index (χ4n) is 3.49. The van der Waals surface area contributed by atoms with Crippen LogP contribution in [0.4, 0.5) is 0 Å². The van der Waals surface area contributed by atoms with Gasteiger partial charge in [-0.25, -0.2) is 4.52 Å². The summed E-state index contributed by atoms with van der Waals surface area (Å²) in [6.45, 7) is 3.08. The van der Waals surface area contributed by atoms with Crippen molar-refractivity contribution >= 4 is 5.52 Å². The number of nitrogens with zero attached hydrogens (tertiary/aromatic N) is 5. The third-order valence-electron chi connectivity index (χ3n) is 4.87. The largest absolute Gasteiger partial charge is 0.468 e. The van der Waals surface area contributed by atoms with E-state index in [-0.39, 0.29) is 6.10 Å². The number of rotatable bonds is 4. The van der Waals surface area contributed by atoms with Gasteiger partial charge in [0.2, 0.25) is 0 Å². The highest BCUT2D eigenvalue weighted by Gasteiger charge is 2.26. The van der Waals surface area contributed by atoms with E-state index in [0.717, 1.165) is 47.7 Å². The molecule has 7 heteroatoms. The highest BCUT2D eigenvalue weighted by molar-refractivity contribution is 5.65. The maximum absolute atomic E-state index is 6.00. The molecular weight excluding hydrogens is 342 g/mol. The van der Waals surface area contributed by atoms with Gasteiger partial charge in [-0.05, 0) is 35.9 Å². The Morgan fingerprint density at radius 3 is 2.85 bits per heavy atom. The Hall–Kier alpha value is -3.03. The maximum Gasteiger partial charge on any atom is 0.121 e. The van der Waals surface area contributed by atoms with Crippen molar-refractivity contribution in [3.05, 3.63) is 72.7 Å². The average molecular weight is 361 g/mol. The number of aromatic nitrogens is 4. The third-order valence-corrected chi connectivity index (χ3v) is 4.87. The van der Waals surface area contributed by atoms with E-state index in [1.165, 1.54) is 0 Å². The van der Waals surface area contributed by atoms with Crippen LogP contribution in [0.5, 0.6) is 0 Å². The van der Waals surface area contributed by atoms with Crippen LogP contribution in [-0.4, -0.2) is 44.4 Å². The highest BCUT2D eigenvalue weighted by Crippen LogP contribution is 2.27. The van der Waals surface area contributed by atoms with E-state index < -0.39 is 0 Å². The van der Waals surface area contributed by atoms with Gasteiger partial charge in [0.1, 0.15) is 17.6 Å². The molecule has 0 amide bonds. The molecule has 0 saturated carbocycles. The second kappa shape index (κ2) is 6.94. The van der Waals surface area contributed by atoms with Crippen molar-refractivity contribution in [1.29, 1.82) is 0 Å². The van der Waals surface area contributed by atoms with E-state index in [2.05, 4.69) is 32.3 Å². The van der Waals surface area contributed by atoms with Gasteiger partial charge in [-0.1, -0.05) is 11.3 Å². The van der Waals surface area contributed by atoms with Crippen molar-refractivity contribution in [3.8, 4) is 11.1 Å². The molecule has 0 radical (unpaired) electrons. The number of fused-ring (bicyclic) bond motifs is 1. The van der Waals surface area contributed by atoms with Gasteiger partial charge < -0.3 is 9.15 Å². The first-order chi connectivity index (χ1) is 13.4. The lowest BCUT2D eigenvalue weighted by atomic mass is 10.1. The summed E-state index contributed by atoms with van der Waals surface area (Å²) in [7, 11) is 0. The molecule has 1 aliphatic heterocycles. The van der Waals surface area contributed by atoms with E-state index in [4.69, 9.17) is 9.15 Å². The van der Waals surface area contributed by atoms with Crippen molar-refractivity contribution < 1.29 is 9.15 Å². The second-order valence-electron chi connectivity index (χ2n) is 6.63. The van der Waals surface area contributed by atoms with Crippen LogP contribution in [-0.2, 0) is 11.3 Å². The molecule has 1 atom stereocenters. The van der Waals surface area contributed by atoms with E-state index in [1.807, 2.05) is 35.0 Å². The zero-order valence-corrected chi connectivity index (χ0v) is 14.7. The lowest BCUT2D eigenvalue weighted by Crippen LogP contribution is -2.37. The number of pyridine rings is 2. The summed E-state index contributed by atoms with van der Waals surface area (Å²) < 4.78 is 13.3. The van der Waals surface area contributed by atoms with Gasteiger partial charge in [-0.15, -0.1) is 5.10 Å². The van der Waals surface area contributed by atoms with Crippen molar-refractivity contribution in [2.45, 2.75) is 12.6 Å². The van der Waals surface area contributed by atoms with Gasteiger partial charge in [-0.2, -0.15) is 0 Å². The van der Waals surface area contributed by atoms with Gasteiger partial charge in [-0.3, -0.25) is 9.88 Å². The molecule has 5 rings (SSSR count). The molecule has 0 aliphatic carbocycles. The fourth-order valence-corrected chi connectivity index (χ4v) is 3.49. The van der Waals surface area contributed by atoms with Gasteiger partial charge in [0.15, 0.2) is 0 Å². The number of hydrogen-bond donors (Lipinski definition) is 0. The first-order valence-corrected chi connectivity index (χ1v) is 8.98. The molecule has 4 aromatic heterocycles. The van der Waals surface area contributed by atoms with Crippen LogP contribution in [0, 0.1) is 0 Å². The lowest BCUT2D eigenvalue weighted by Gasteiger charge is -2.31. The van der Waals surface area contributed by atoms with Gasteiger partial charge in [0, 0.05) is 37.2 Å². The maximum atomic E-state index is 6.00. The Morgan fingerprint density at radius 1 is 1.07 bits per heavy atom. The predicted molar refractivity (Wildman–Crippen MR) is 98.9 cm³/mol. The van der Waals surface area contributed by atoms with Gasteiger partial charge in [0.25, 0.3) is 0 Å². The first kappa shape index (κ1) is 16.2. The zero-order valence-electron chi connectivity index (χ0n) is 14.7. The first-order valence-electron chi connectivity index (χ1n) is 8.98. The Balaban J connectivity index is 1.39. The molecule has 0 spiro atoms. The van der Waals surface area contributed by atoms with Crippen LogP contribution in [0.2, 0.25) is 0 Å². The quantitative estimate of drug-likeness (QED) is 0.557. The minimum atomic E-state index is -0.0991. The second-order valence-corrected chi connectivity index (χ2v) is 6.63. The smallest absolute Gasteiger partial charge is 0.121 e. The van der Waals surface area contributed by atoms with Crippen molar-refractivity contribution in [2.75, 3.05) is 19.7 Å². The summed E-state index contributed by atoms with van der Waals surface area (Å²) in [5, 5.41) is 8.73. The summed E-state index contributed by atoms with van der Waals surface area (Å²) in [5.74, 6) is 0.963. The number of ether oxygens (including phenoxy) is 1. The van der Waals surface area contributed by atoms with Crippen LogP contribution < -0.4 is 0 Å². The molecule has 136 valence electrons. The van der Waals surface area contributed by atoms with Crippen LogP contribution in [0.25, 0.3) is 16.6 Å². The molecule has 27 heavy (non-hydrogen) atoms. The summed E-state index contributed by atoms with van der Waals surface area (Å²) in [5.41, 5.74) is 4.02. The van der Waals surface area contributed by atoms with Gasteiger partial charge >= 0.3 is 0 Å². The highest BCUT2D eigenvalue weighted by atomic mass is 16.5. The van der Waals surface area contributed by atoms with Crippen LogP contribution in [0.1, 0.15) is 17.6 Å². The summed E-state index contributed by atoms with van der Waals surface area (Å²) in [4.78, 5) is 6.39. The number of morpholine rings is 1. The number of furan rings is 1. The van der Waals surface area contributed by atoms with E-state index >= 15 is 0 Å². The summed E-state index contributed by atoms with van der Waals surface area (Å²) in [6, 6.07) is 12.0. The van der Waals surface area contributed by atoms with Crippen molar-refractivity contribution in [3.63, 3.8) is 0 Å². The standard InChI is InChI=1S/C20H19N5O2/c1-2-17(26-10-1)13-24-9-11-27-19(14-24)20-18-4-3-16(12-25(18)23-22-20)15-5-7-21-8-6-15/h1-8,10,12,19H,9,11,13-14H2/t19-/m1/s1. The Morgan fingerprint density at radius 2 is 2.00 bits per heavy atom. The molecule has 1 saturated heterocycles. The molecule has 1 fully saturated rings. The molecule has 0 aromatic carbocycles. The Labute approximate surface area is 156 Å². The number of hydrogen-bond acceptors (Lipinski definition) is 6. The predicted octanol–water partition coefficient (Wildman–Crippen LogP) is 2.96. The molecular formula is C20H19N5O2. The van der Waals surface area contributed by atoms with Gasteiger partial charge in [0.05, 0.1) is 24.9 Å². The van der Waals surface area contributed by atoms with E-state index in [9.17, 15) is 0 Å². The minimum Gasteiger partial charge on any atom is -0.468 e. The topological polar surface area (TPSA) is 68.7 Å². The van der Waals surface area contributed by atoms with Crippen LogP contribution in [0.3, 0.4) is 0 Å². The SMILES string of the molecule is c1coc(CN2CCO[C@@H](c3nnn4cc(-c5ccncc5)ccc34)C2)c1. The van der Waals surface area contributed by atoms with E-state index in [1.54, 1.807) is 18.7 Å². The van der Waals surface area contributed by atoms with Crippen LogP contribution >= 0.6 is 0 Å². The molecule has 0 bridgehead atoms. The fraction of sp³-hybridized carbons (Fsp3) is 0.250. The molecule has 4 aromatic rings. The average Bonchev–Trinajstić information content (AvgIpc) is 3.38. The molecule has 1 aliphatic rings. The normalized spacial score (nSPS) is 18.1. The monoisotopic (exact) mass is 361 g/mol. The van der Waals surface area contributed by atoms with Crippen molar-refractivity contribution in [1.82, 2.24) is 24.7 Å². The minimum absolute atomic E-state index is 0.0991. The lowest BCUT2D eigenvalue weighted by molar-refractivity contribution is -0.0360. The Kier molecular flexibility index (Phi) is 4.16. The van der Waals surface area contributed by atoms with E-state index in [0.29, 0.717) is 6.61 Å². The molecule has 7 nitrogen and oxygen atoms in total. The molecule has 0 unspecified atom stereocenters. The Bertz CT molecular complexity index is 1030. The zero-order chi connectivity index (χ0) is 18.1. The van der Waals surface area contributed by atoms with Crippen LogP contribution in [0.15, 0.2) is 65.7 Å².